The van der Waals surface area contributed by atoms with Gasteiger partial charge in [0, 0.05) is 35.6 Å². The van der Waals surface area contributed by atoms with Crippen LogP contribution in [0.2, 0.25) is 0 Å². The molecule has 1 aliphatic heterocycles. The molecule has 0 unspecified atom stereocenters. The Kier molecular flexibility index (Phi) is 8.82. The second kappa shape index (κ2) is 12.8. The van der Waals surface area contributed by atoms with E-state index in [0.717, 1.165) is 6.07 Å². The van der Waals surface area contributed by atoms with E-state index in [1.807, 2.05) is 0 Å². The number of nitrogens with two attached hydrogens (primary N) is 1. The van der Waals surface area contributed by atoms with E-state index in [-0.39, 0.29) is 61.2 Å². The van der Waals surface area contributed by atoms with Gasteiger partial charge in [-0.3, -0.25) is 19.2 Å². The van der Waals surface area contributed by atoms with Gasteiger partial charge in [0.05, 0.1) is 17.9 Å². The number of anilines is 2. The minimum absolute atomic E-state index is 0.0770. The molecule has 1 aliphatic carbocycles. The fourth-order valence-electron chi connectivity index (χ4n) is 5.05. The average molecular weight is 633 g/mol. The molecule has 14 heteroatoms. The summed E-state index contributed by atoms with van der Waals surface area (Å²) in [6, 6.07) is 13.0. The summed E-state index contributed by atoms with van der Waals surface area (Å²) in [5.41, 5.74) is 7.07. The molecule has 6 rings (SSSR count). The number of aryl methyl sites for hydroxylation is 1. The van der Waals surface area contributed by atoms with Gasteiger partial charge >= 0.3 is 5.97 Å². The number of nitrogens with one attached hydrogen (secondary N) is 4. The number of aliphatic hydroxyl groups is 1. The molecule has 3 amide bonds. The molecule has 0 atom stereocenters. The molecule has 1 saturated carbocycles. The smallest absolute Gasteiger partial charge is 0.319 e. The van der Waals surface area contributed by atoms with Gasteiger partial charge in [-0.1, -0.05) is 6.07 Å². The molecule has 3 aromatic carbocycles. The maximum Gasteiger partial charge on any atom is 0.319 e. The second-order valence-corrected chi connectivity index (χ2v) is 10.8. The van der Waals surface area contributed by atoms with Gasteiger partial charge in [0.1, 0.15) is 28.6 Å². The fraction of sp³-hybridized carbons (Fsp3) is 0.219. The molecule has 0 bridgehead atoms. The van der Waals surface area contributed by atoms with Crippen LogP contribution in [0.15, 0.2) is 54.6 Å². The minimum atomic E-state index is -1.46. The first kappa shape index (κ1) is 31.8. The number of nitrogens with zero attached hydrogens (tertiary/aromatic N) is 1. The predicted molar refractivity (Wildman–Crippen MR) is 163 cm³/mol. The number of hydrogen-bond donors (Lipinski definition) is 7. The Bertz CT molecular complexity index is 1830. The first-order chi connectivity index (χ1) is 21.9. The van der Waals surface area contributed by atoms with Gasteiger partial charge in [-0.05, 0) is 79.4 Å². The van der Waals surface area contributed by atoms with Crippen molar-refractivity contribution in [3.8, 4) is 22.5 Å². The number of imidazole rings is 1. The topological polar surface area (TPSA) is 200 Å². The van der Waals surface area contributed by atoms with Gasteiger partial charge in [0.2, 0.25) is 5.91 Å². The van der Waals surface area contributed by atoms with Crippen LogP contribution in [0.1, 0.15) is 44.9 Å². The van der Waals surface area contributed by atoms with Crippen molar-refractivity contribution in [2.75, 3.05) is 24.2 Å². The maximum atomic E-state index is 15.2. The number of benzene rings is 3. The molecule has 1 fully saturated rings. The van der Waals surface area contributed by atoms with Gasteiger partial charge < -0.3 is 36.9 Å². The molecule has 46 heavy (non-hydrogen) atoms. The number of rotatable bonds is 8. The highest BCUT2D eigenvalue weighted by molar-refractivity contribution is 6.11. The van der Waals surface area contributed by atoms with Crippen LogP contribution in [0.3, 0.4) is 0 Å². The van der Waals surface area contributed by atoms with E-state index in [4.69, 9.17) is 10.8 Å². The molecule has 0 saturated heterocycles. The van der Waals surface area contributed by atoms with Crippen LogP contribution < -0.4 is 21.7 Å². The van der Waals surface area contributed by atoms with Crippen molar-refractivity contribution in [1.29, 1.82) is 0 Å². The van der Waals surface area contributed by atoms with E-state index >= 15 is 4.39 Å². The fourth-order valence-corrected chi connectivity index (χ4v) is 5.05. The number of aliphatic carboxylic acids is 1. The normalized spacial score (nSPS) is 14.0. The van der Waals surface area contributed by atoms with E-state index in [9.17, 15) is 28.7 Å². The number of carbonyl (C=O) groups is 4. The largest absolute Gasteiger partial charge is 0.480 e. The van der Waals surface area contributed by atoms with E-state index in [2.05, 4.69) is 25.9 Å². The number of hydrogen-bond acceptors (Lipinski definition) is 7. The quantitative estimate of drug-likeness (QED) is 0.113. The SMILES string of the molecule is Cc1nc(-c2ccc(-c3ccc(NC(=O)C4(C(=O)O)CC4)cc3F)c3c2C(=O)NC3)[nH]c1C(=O)NCCO.Nc1ccc(F)cc1. The lowest BCUT2D eigenvalue weighted by Crippen LogP contribution is -2.31. The number of aromatic amines is 1. The molecule has 12 nitrogen and oxygen atoms in total. The minimum Gasteiger partial charge on any atom is -0.480 e. The van der Waals surface area contributed by atoms with E-state index in [0.29, 0.717) is 39.5 Å². The first-order valence-electron chi connectivity index (χ1n) is 14.2. The van der Waals surface area contributed by atoms with Crippen LogP contribution in [0.5, 0.6) is 0 Å². The molecule has 1 aromatic heterocycles. The lowest BCUT2D eigenvalue weighted by atomic mass is 9.92. The third-order valence-electron chi connectivity index (χ3n) is 7.71. The lowest BCUT2D eigenvalue weighted by molar-refractivity contribution is -0.147. The van der Waals surface area contributed by atoms with Crippen LogP contribution in [-0.2, 0) is 16.1 Å². The summed E-state index contributed by atoms with van der Waals surface area (Å²) in [6.45, 7) is 1.65. The highest BCUT2D eigenvalue weighted by atomic mass is 19.1. The zero-order valence-corrected chi connectivity index (χ0v) is 24.5. The predicted octanol–water partition coefficient (Wildman–Crippen LogP) is 3.37. The number of aromatic nitrogens is 2. The molecule has 8 N–H and O–H groups in total. The van der Waals surface area contributed by atoms with Crippen molar-refractivity contribution in [2.45, 2.75) is 26.3 Å². The van der Waals surface area contributed by atoms with Crippen molar-refractivity contribution >= 4 is 35.1 Å². The molecule has 0 spiro atoms. The van der Waals surface area contributed by atoms with Crippen molar-refractivity contribution in [3.05, 3.63) is 88.7 Å². The zero-order chi connectivity index (χ0) is 33.2. The Morgan fingerprint density at radius 2 is 1.70 bits per heavy atom. The van der Waals surface area contributed by atoms with Crippen molar-refractivity contribution < 1.29 is 38.2 Å². The number of amides is 3. The summed E-state index contributed by atoms with van der Waals surface area (Å²) >= 11 is 0. The average Bonchev–Trinajstić information content (AvgIpc) is 3.64. The monoisotopic (exact) mass is 632 g/mol. The van der Waals surface area contributed by atoms with Gasteiger partial charge in [-0.15, -0.1) is 0 Å². The lowest BCUT2D eigenvalue weighted by Gasteiger charge is -2.14. The molecule has 2 heterocycles. The summed E-state index contributed by atoms with van der Waals surface area (Å²) in [6.07, 6.45) is 0.469. The standard InChI is InChI=1S/C26H24FN5O6.C6H6FN/c1-12-20(23(35)28-8-9-33)32-21(30-12)16-5-4-14(17-11-29-22(34)19(16)17)15-3-2-13(10-18(15)27)31-24(36)26(6-7-26)25(37)38;7-5-1-3-6(8)4-2-5/h2-5,10,33H,6-9,11H2,1H3,(H,28,35)(H,29,34)(H,30,32)(H,31,36)(H,37,38);1-4H,8H2. The molecular weight excluding hydrogens is 602 g/mol. The Morgan fingerprint density at radius 1 is 1.02 bits per heavy atom. The highest BCUT2D eigenvalue weighted by Crippen LogP contribution is 2.47. The third-order valence-corrected chi connectivity index (χ3v) is 7.71. The molecule has 4 aromatic rings. The maximum absolute atomic E-state index is 15.2. The first-order valence-corrected chi connectivity index (χ1v) is 14.2. The van der Waals surface area contributed by atoms with Crippen molar-refractivity contribution in [1.82, 2.24) is 20.6 Å². The van der Waals surface area contributed by atoms with Gasteiger partial charge in [-0.25, -0.2) is 13.8 Å². The highest BCUT2D eigenvalue weighted by Gasteiger charge is 2.57. The van der Waals surface area contributed by atoms with Gasteiger partial charge in [0.25, 0.3) is 11.8 Å². The summed E-state index contributed by atoms with van der Waals surface area (Å²) in [5.74, 6) is -3.32. The Labute approximate surface area is 261 Å². The molecule has 238 valence electrons. The molecular formula is C32H30F2N6O6. The second-order valence-electron chi connectivity index (χ2n) is 10.8. The summed E-state index contributed by atoms with van der Waals surface area (Å²) in [5, 5.41) is 26.0. The number of carboxylic acid groups (broad SMARTS) is 1. The van der Waals surface area contributed by atoms with Crippen molar-refractivity contribution in [3.63, 3.8) is 0 Å². The van der Waals surface area contributed by atoms with Crippen LogP contribution in [0.4, 0.5) is 20.2 Å². The number of carboxylic acids is 1. The zero-order valence-electron chi connectivity index (χ0n) is 24.5. The van der Waals surface area contributed by atoms with Crippen LogP contribution in [0.25, 0.3) is 22.5 Å². The van der Waals surface area contributed by atoms with Crippen LogP contribution in [0, 0.1) is 24.0 Å². The van der Waals surface area contributed by atoms with Gasteiger partial charge in [0.15, 0.2) is 0 Å². The van der Waals surface area contributed by atoms with Crippen LogP contribution >= 0.6 is 0 Å². The van der Waals surface area contributed by atoms with E-state index in [1.165, 1.54) is 36.4 Å². The Hall–Kier alpha value is -5.63. The summed E-state index contributed by atoms with van der Waals surface area (Å²) in [7, 11) is 0. The third kappa shape index (κ3) is 6.28. The summed E-state index contributed by atoms with van der Waals surface area (Å²) < 4.78 is 27.3. The molecule has 2 aliphatic rings. The molecule has 0 radical (unpaired) electrons. The Balaban J connectivity index is 0.000000455. The number of nitrogen functional groups attached to an aromatic ring is 1. The van der Waals surface area contributed by atoms with Crippen LogP contribution in [-0.4, -0.2) is 57.0 Å². The number of fused-ring (bicyclic) bond motifs is 1. The number of H-pyrrole nitrogens is 1. The van der Waals surface area contributed by atoms with Crippen molar-refractivity contribution in [2.24, 2.45) is 5.41 Å². The number of aliphatic hydroxyl groups excluding tert-OH is 1. The van der Waals surface area contributed by atoms with E-state index in [1.54, 1.807) is 19.1 Å². The van der Waals surface area contributed by atoms with Gasteiger partial charge in [-0.2, -0.15) is 0 Å². The Morgan fingerprint density at radius 3 is 2.30 bits per heavy atom. The summed E-state index contributed by atoms with van der Waals surface area (Å²) in [4.78, 5) is 56.2. The number of carbonyl (C=O) groups excluding carboxylic acids is 3. The number of halogens is 2. The van der Waals surface area contributed by atoms with E-state index < -0.39 is 29.0 Å².